The van der Waals surface area contributed by atoms with Crippen LogP contribution in [0.15, 0.2) is 57.5 Å². The first-order chi connectivity index (χ1) is 14.7. The molecule has 1 atom stereocenters. The van der Waals surface area contributed by atoms with Crippen LogP contribution >= 0.6 is 11.6 Å². The van der Waals surface area contributed by atoms with Gasteiger partial charge in [-0.2, -0.15) is 5.26 Å². The van der Waals surface area contributed by atoms with E-state index in [4.69, 9.17) is 31.2 Å². The van der Waals surface area contributed by atoms with E-state index in [2.05, 4.69) is 6.07 Å². The van der Waals surface area contributed by atoms with Crippen molar-refractivity contribution in [3.63, 3.8) is 0 Å². The van der Waals surface area contributed by atoms with Crippen molar-refractivity contribution in [3.8, 4) is 11.8 Å². The van der Waals surface area contributed by atoms with Gasteiger partial charge in [-0.15, -0.1) is 0 Å². The van der Waals surface area contributed by atoms with Crippen LogP contribution in [0.1, 0.15) is 49.7 Å². The van der Waals surface area contributed by atoms with Crippen LogP contribution in [-0.2, 0) is 16.1 Å². The lowest BCUT2D eigenvalue weighted by Crippen LogP contribution is -2.33. The predicted molar refractivity (Wildman–Crippen MR) is 115 cm³/mol. The molecule has 160 valence electrons. The third kappa shape index (κ3) is 4.06. The molecule has 1 aliphatic heterocycles. The highest BCUT2D eigenvalue weighted by Crippen LogP contribution is 2.48. The summed E-state index contributed by atoms with van der Waals surface area (Å²) in [6.07, 6.45) is 0.938. The van der Waals surface area contributed by atoms with E-state index in [1.165, 1.54) is 0 Å². The number of hydrogen-bond donors (Lipinski definition) is 1. The minimum absolute atomic E-state index is 0.0163. The number of carbonyl (C=O) groups is 1. The largest absolute Gasteiger partial charge is 0.486 e. The zero-order valence-electron chi connectivity index (χ0n) is 17.6. The minimum Gasteiger partial charge on any atom is -0.486 e. The van der Waals surface area contributed by atoms with Crippen LogP contribution in [0.4, 0.5) is 0 Å². The molecule has 2 N–H and O–H groups in total. The fraction of sp³-hybridized carbons (Fsp3) is 0.333. The van der Waals surface area contributed by atoms with E-state index in [0.29, 0.717) is 46.5 Å². The van der Waals surface area contributed by atoms with Gasteiger partial charge in [-0.05, 0) is 48.2 Å². The maximum Gasteiger partial charge on any atom is 0.205 e. The Balaban J connectivity index is 1.63. The maximum absolute atomic E-state index is 13.0. The second kappa shape index (κ2) is 7.82. The van der Waals surface area contributed by atoms with Gasteiger partial charge in [0.05, 0.1) is 5.92 Å². The molecule has 0 fully saturated rings. The molecule has 31 heavy (non-hydrogen) atoms. The average molecular weight is 439 g/mol. The zero-order valence-corrected chi connectivity index (χ0v) is 18.4. The summed E-state index contributed by atoms with van der Waals surface area (Å²) in [5.74, 6) is 1.51. The van der Waals surface area contributed by atoms with E-state index in [0.717, 1.165) is 5.56 Å². The molecule has 0 spiro atoms. The van der Waals surface area contributed by atoms with Crippen LogP contribution in [0.5, 0.6) is 5.75 Å². The summed E-state index contributed by atoms with van der Waals surface area (Å²) < 4.78 is 17.5. The molecule has 0 unspecified atom stereocenters. The molecule has 2 heterocycles. The smallest absolute Gasteiger partial charge is 0.205 e. The highest BCUT2D eigenvalue weighted by molar-refractivity contribution is 6.31. The Kier molecular flexibility index (Phi) is 5.32. The number of Topliss-reactive ketones (excluding diaryl/α,β-unsaturated/α-hetero) is 1. The number of nitrogens with two attached hydrogens (primary N) is 1. The van der Waals surface area contributed by atoms with E-state index < -0.39 is 5.92 Å². The van der Waals surface area contributed by atoms with Crippen LogP contribution in [-0.4, -0.2) is 5.78 Å². The summed E-state index contributed by atoms with van der Waals surface area (Å²) in [6.45, 7) is 6.11. The fourth-order valence-corrected chi connectivity index (χ4v) is 4.18. The van der Waals surface area contributed by atoms with Crippen molar-refractivity contribution in [2.45, 2.75) is 46.1 Å². The van der Waals surface area contributed by atoms with Gasteiger partial charge >= 0.3 is 0 Å². The summed E-state index contributed by atoms with van der Waals surface area (Å²) in [4.78, 5) is 13.0. The molecule has 1 aliphatic carbocycles. The predicted octanol–water partition coefficient (Wildman–Crippen LogP) is 5.27. The molecule has 4 rings (SSSR count). The number of rotatable bonds is 4. The average Bonchev–Trinajstić information content (AvgIpc) is 3.15. The number of halogens is 1. The number of allylic oxidation sites excluding steroid dienone is 3. The lowest BCUT2D eigenvalue weighted by Gasteiger charge is -2.36. The number of nitriles is 1. The molecule has 0 saturated heterocycles. The first-order valence-electron chi connectivity index (χ1n) is 10.00. The molecule has 2 aliphatic rings. The van der Waals surface area contributed by atoms with Gasteiger partial charge in [-0.3, -0.25) is 4.79 Å². The van der Waals surface area contributed by atoms with E-state index in [-0.39, 0.29) is 29.3 Å². The van der Waals surface area contributed by atoms with E-state index >= 15 is 0 Å². The number of ketones is 1. The van der Waals surface area contributed by atoms with Crippen molar-refractivity contribution in [1.29, 1.82) is 5.26 Å². The molecule has 6 nitrogen and oxygen atoms in total. The number of ether oxygens (including phenoxy) is 2. The minimum atomic E-state index is -0.677. The van der Waals surface area contributed by atoms with Crippen LogP contribution in [0, 0.1) is 23.7 Å². The molecule has 0 radical (unpaired) electrons. The van der Waals surface area contributed by atoms with Crippen molar-refractivity contribution >= 4 is 17.4 Å². The van der Waals surface area contributed by atoms with Crippen molar-refractivity contribution in [2.75, 3.05) is 0 Å². The normalized spacial score (nSPS) is 20.2. The number of furan rings is 1. The first kappa shape index (κ1) is 21.1. The van der Waals surface area contributed by atoms with Gasteiger partial charge < -0.3 is 19.6 Å². The van der Waals surface area contributed by atoms with E-state index in [1.807, 2.05) is 26.8 Å². The van der Waals surface area contributed by atoms with Gasteiger partial charge in [0.25, 0.3) is 0 Å². The summed E-state index contributed by atoms with van der Waals surface area (Å²) in [5, 5.41) is 10.4. The third-order valence-electron chi connectivity index (χ3n) is 5.55. The Morgan fingerprint density at radius 3 is 2.77 bits per heavy atom. The Morgan fingerprint density at radius 2 is 2.06 bits per heavy atom. The van der Waals surface area contributed by atoms with Crippen molar-refractivity contribution in [2.24, 2.45) is 11.1 Å². The van der Waals surface area contributed by atoms with Crippen LogP contribution < -0.4 is 10.5 Å². The molecule has 0 bridgehead atoms. The summed E-state index contributed by atoms with van der Waals surface area (Å²) in [5.41, 5.74) is 7.36. The van der Waals surface area contributed by atoms with Crippen LogP contribution in [0.3, 0.4) is 0 Å². The first-order valence-corrected chi connectivity index (χ1v) is 10.4. The Morgan fingerprint density at radius 1 is 1.29 bits per heavy atom. The van der Waals surface area contributed by atoms with Crippen molar-refractivity contribution < 1.29 is 18.7 Å². The molecule has 2 aromatic rings. The Hall–Kier alpha value is -3.17. The maximum atomic E-state index is 13.0. The monoisotopic (exact) mass is 438 g/mol. The molecular formula is C24H23ClN2O4. The number of carbonyl (C=O) groups excluding carboxylic acids is 1. The molecule has 1 aromatic heterocycles. The zero-order chi connectivity index (χ0) is 22.3. The molecular weight excluding hydrogens is 416 g/mol. The number of aryl methyl sites for hydroxylation is 1. The molecule has 1 aromatic carbocycles. The fourth-order valence-electron chi connectivity index (χ4n) is 4.06. The highest BCUT2D eigenvalue weighted by atomic mass is 35.5. The second-order valence-corrected chi connectivity index (χ2v) is 9.11. The Labute approximate surface area is 185 Å². The third-order valence-corrected chi connectivity index (χ3v) is 5.98. The lowest BCUT2D eigenvalue weighted by atomic mass is 9.71. The highest BCUT2D eigenvalue weighted by Gasteiger charge is 2.44. The van der Waals surface area contributed by atoms with Gasteiger partial charge in [-0.25, -0.2) is 0 Å². The van der Waals surface area contributed by atoms with Gasteiger partial charge in [-0.1, -0.05) is 25.4 Å². The van der Waals surface area contributed by atoms with E-state index in [9.17, 15) is 10.1 Å². The number of hydrogen-bond acceptors (Lipinski definition) is 6. The topological polar surface area (TPSA) is 98.5 Å². The molecule has 0 saturated carbocycles. The summed E-state index contributed by atoms with van der Waals surface area (Å²) >= 11 is 6.05. The van der Waals surface area contributed by atoms with E-state index in [1.54, 1.807) is 24.3 Å². The van der Waals surface area contributed by atoms with Gasteiger partial charge in [0.2, 0.25) is 5.88 Å². The van der Waals surface area contributed by atoms with Gasteiger partial charge in [0.15, 0.2) is 5.78 Å². The lowest BCUT2D eigenvalue weighted by molar-refractivity contribution is -0.119. The van der Waals surface area contributed by atoms with Crippen LogP contribution in [0.25, 0.3) is 0 Å². The standard InChI is InChI=1S/C24H23ClN2O4/c1-13-8-14(4-6-17(13)25)29-12-15-5-7-19(30-15)21-16(11-26)23(27)31-20-10-24(2,3)9-18(28)22(20)21/h4-8,21H,9-10,12,27H2,1-3H3/t21-/m0/s1. The quantitative estimate of drug-likeness (QED) is 0.697. The van der Waals surface area contributed by atoms with Crippen LogP contribution in [0.2, 0.25) is 5.02 Å². The summed E-state index contributed by atoms with van der Waals surface area (Å²) in [6, 6.07) is 11.0. The van der Waals surface area contributed by atoms with Crippen molar-refractivity contribution in [1.82, 2.24) is 0 Å². The molecule has 0 amide bonds. The Bertz CT molecular complexity index is 1170. The second-order valence-electron chi connectivity index (χ2n) is 8.71. The number of nitrogens with zero attached hydrogens (tertiary/aromatic N) is 1. The summed E-state index contributed by atoms with van der Waals surface area (Å²) in [7, 11) is 0. The SMILES string of the molecule is Cc1cc(OCc2ccc([C@@H]3C(C#N)=C(N)OC4=C3C(=O)CC(C)(C)C4)o2)ccc1Cl. The van der Waals surface area contributed by atoms with Gasteiger partial charge in [0, 0.05) is 23.4 Å². The number of benzene rings is 1. The van der Waals surface area contributed by atoms with Crippen molar-refractivity contribution in [3.05, 3.63) is 75.2 Å². The molecule has 7 heteroatoms. The van der Waals surface area contributed by atoms with Gasteiger partial charge in [0.1, 0.15) is 41.3 Å².